The SMILES string of the molecule is BrCC#Cc1cccc(C#CCBr)c1. The van der Waals surface area contributed by atoms with Gasteiger partial charge in [-0.3, -0.25) is 0 Å². The highest BCUT2D eigenvalue weighted by Gasteiger charge is 1.88. The van der Waals surface area contributed by atoms with Crippen molar-refractivity contribution in [2.45, 2.75) is 0 Å². The number of benzene rings is 1. The molecule has 0 atom stereocenters. The quantitative estimate of drug-likeness (QED) is 0.510. The summed E-state index contributed by atoms with van der Waals surface area (Å²) in [7, 11) is 0. The van der Waals surface area contributed by atoms with Gasteiger partial charge < -0.3 is 0 Å². The maximum absolute atomic E-state index is 3.26. The third-order valence-electron chi connectivity index (χ3n) is 1.46. The third-order valence-corrected chi connectivity index (χ3v) is 2.02. The predicted molar refractivity (Wildman–Crippen MR) is 67.8 cm³/mol. The van der Waals surface area contributed by atoms with Gasteiger partial charge in [0, 0.05) is 11.1 Å². The second-order valence-electron chi connectivity index (χ2n) is 2.45. The van der Waals surface area contributed by atoms with Crippen molar-refractivity contribution >= 4 is 31.9 Å². The molecular weight excluding hydrogens is 304 g/mol. The van der Waals surface area contributed by atoms with E-state index in [0.717, 1.165) is 11.1 Å². The summed E-state index contributed by atoms with van der Waals surface area (Å²) in [4.78, 5) is 0. The molecule has 1 aromatic rings. The predicted octanol–water partition coefficient (Wildman–Crippen LogP) is 3.18. The van der Waals surface area contributed by atoms with Crippen LogP contribution in [0.2, 0.25) is 0 Å². The van der Waals surface area contributed by atoms with Crippen LogP contribution in [0, 0.1) is 23.7 Å². The average molecular weight is 312 g/mol. The maximum atomic E-state index is 3.26. The Kier molecular flexibility index (Phi) is 5.45. The first-order valence-electron chi connectivity index (χ1n) is 4.06. The average Bonchev–Trinajstić information content (AvgIpc) is 2.24. The molecule has 0 unspecified atom stereocenters. The molecule has 0 nitrogen and oxygen atoms in total. The van der Waals surface area contributed by atoms with E-state index < -0.39 is 0 Å². The van der Waals surface area contributed by atoms with Crippen molar-refractivity contribution in [2.24, 2.45) is 0 Å². The van der Waals surface area contributed by atoms with Gasteiger partial charge >= 0.3 is 0 Å². The summed E-state index contributed by atoms with van der Waals surface area (Å²) >= 11 is 6.52. The lowest BCUT2D eigenvalue weighted by molar-refractivity contribution is 1.59. The van der Waals surface area contributed by atoms with E-state index in [2.05, 4.69) is 55.5 Å². The molecule has 0 bridgehead atoms. The molecule has 0 heterocycles. The van der Waals surface area contributed by atoms with E-state index in [1.165, 1.54) is 0 Å². The van der Waals surface area contributed by atoms with Crippen LogP contribution >= 0.6 is 31.9 Å². The third kappa shape index (κ3) is 4.01. The molecule has 0 aliphatic rings. The smallest absolute Gasteiger partial charge is 0.0649 e. The minimum Gasteiger partial charge on any atom is -0.0863 e. The van der Waals surface area contributed by atoms with Gasteiger partial charge in [0.1, 0.15) is 0 Å². The van der Waals surface area contributed by atoms with E-state index in [1.54, 1.807) is 0 Å². The summed E-state index contributed by atoms with van der Waals surface area (Å²) in [5.74, 6) is 12.0. The number of rotatable bonds is 0. The Morgan fingerprint density at radius 1 is 0.929 bits per heavy atom. The summed E-state index contributed by atoms with van der Waals surface area (Å²) in [6.07, 6.45) is 0. The first kappa shape index (κ1) is 11.4. The molecule has 70 valence electrons. The molecule has 0 N–H and O–H groups in total. The second kappa shape index (κ2) is 6.71. The molecule has 2 heteroatoms. The van der Waals surface area contributed by atoms with Gasteiger partial charge in [-0.15, -0.1) is 0 Å². The highest BCUT2D eigenvalue weighted by molar-refractivity contribution is 9.09. The van der Waals surface area contributed by atoms with Gasteiger partial charge in [-0.05, 0) is 18.2 Å². The van der Waals surface area contributed by atoms with E-state index in [9.17, 15) is 0 Å². The van der Waals surface area contributed by atoms with E-state index in [1.807, 2.05) is 24.3 Å². The molecule has 0 radical (unpaired) electrons. The Morgan fingerprint density at radius 2 is 1.43 bits per heavy atom. The molecule has 1 aromatic carbocycles. The maximum Gasteiger partial charge on any atom is 0.0649 e. The molecule has 0 spiro atoms. The second-order valence-corrected chi connectivity index (χ2v) is 3.57. The van der Waals surface area contributed by atoms with Crippen molar-refractivity contribution in [3.8, 4) is 23.7 Å². The van der Waals surface area contributed by atoms with Gasteiger partial charge in [0.2, 0.25) is 0 Å². The number of hydrogen-bond donors (Lipinski definition) is 0. The molecule has 0 aromatic heterocycles. The summed E-state index contributed by atoms with van der Waals surface area (Å²) in [5, 5.41) is 1.40. The zero-order valence-corrected chi connectivity index (χ0v) is 10.7. The van der Waals surface area contributed by atoms with E-state index >= 15 is 0 Å². The Morgan fingerprint density at radius 3 is 1.86 bits per heavy atom. The van der Waals surface area contributed by atoms with E-state index in [4.69, 9.17) is 0 Å². The largest absolute Gasteiger partial charge is 0.0863 e. The summed E-state index contributed by atoms with van der Waals surface area (Å²) in [6, 6.07) is 7.92. The standard InChI is InChI=1S/C12H8Br2/c13-8-2-6-11-4-1-5-12(10-11)7-3-9-14/h1,4-5,10H,8-9H2. The van der Waals surface area contributed by atoms with Gasteiger partial charge in [-0.2, -0.15) is 0 Å². The highest BCUT2D eigenvalue weighted by Crippen LogP contribution is 2.02. The molecule has 0 saturated heterocycles. The van der Waals surface area contributed by atoms with Crippen molar-refractivity contribution < 1.29 is 0 Å². The summed E-state index contributed by atoms with van der Waals surface area (Å²) < 4.78 is 0. The zero-order chi connectivity index (χ0) is 10.2. The van der Waals surface area contributed by atoms with Crippen molar-refractivity contribution in [3.05, 3.63) is 35.4 Å². The lowest BCUT2D eigenvalue weighted by Gasteiger charge is -1.91. The highest BCUT2D eigenvalue weighted by atomic mass is 79.9. The van der Waals surface area contributed by atoms with E-state index in [0.29, 0.717) is 10.7 Å². The first-order valence-corrected chi connectivity index (χ1v) is 6.31. The van der Waals surface area contributed by atoms with Crippen LogP contribution in [-0.2, 0) is 0 Å². The van der Waals surface area contributed by atoms with Crippen LogP contribution in [0.1, 0.15) is 11.1 Å². The van der Waals surface area contributed by atoms with Gasteiger partial charge in [-0.25, -0.2) is 0 Å². The number of alkyl halides is 2. The van der Waals surface area contributed by atoms with Crippen molar-refractivity contribution in [3.63, 3.8) is 0 Å². The molecule has 0 amide bonds. The molecule has 0 aliphatic carbocycles. The monoisotopic (exact) mass is 310 g/mol. The lowest BCUT2D eigenvalue weighted by Crippen LogP contribution is -1.78. The van der Waals surface area contributed by atoms with Crippen LogP contribution in [0.3, 0.4) is 0 Å². The van der Waals surface area contributed by atoms with Crippen LogP contribution in [0.5, 0.6) is 0 Å². The Labute approximate surface area is 101 Å². The first-order chi connectivity index (χ1) is 6.86. The molecule has 1 rings (SSSR count). The fourth-order valence-corrected chi connectivity index (χ4v) is 1.23. The number of halogens is 2. The van der Waals surface area contributed by atoms with Crippen LogP contribution in [-0.4, -0.2) is 10.7 Å². The van der Waals surface area contributed by atoms with Gasteiger partial charge in [0.05, 0.1) is 10.7 Å². The van der Waals surface area contributed by atoms with Crippen LogP contribution in [0.4, 0.5) is 0 Å². The normalized spacial score (nSPS) is 8.14. The van der Waals surface area contributed by atoms with Crippen LogP contribution in [0.15, 0.2) is 24.3 Å². The van der Waals surface area contributed by atoms with Crippen molar-refractivity contribution in [2.75, 3.05) is 10.7 Å². The van der Waals surface area contributed by atoms with Crippen molar-refractivity contribution in [1.29, 1.82) is 0 Å². The Hall–Kier alpha value is -0.700. The minimum atomic E-state index is 0.699. The summed E-state index contributed by atoms with van der Waals surface area (Å²) in [6.45, 7) is 0. The fourth-order valence-electron chi connectivity index (χ4n) is 0.946. The molecule has 14 heavy (non-hydrogen) atoms. The molecule has 0 aliphatic heterocycles. The van der Waals surface area contributed by atoms with Gasteiger partial charge in [0.25, 0.3) is 0 Å². The Balaban J connectivity index is 2.89. The fraction of sp³-hybridized carbons (Fsp3) is 0.167. The summed E-state index contributed by atoms with van der Waals surface area (Å²) in [5.41, 5.74) is 2.01. The lowest BCUT2D eigenvalue weighted by atomic mass is 10.1. The van der Waals surface area contributed by atoms with Gasteiger partial charge in [-0.1, -0.05) is 61.6 Å². The number of hydrogen-bond acceptors (Lipinski definition) is 0. The van der Waals surface area contributed by atoms with Crippen molar-refractivity contribution in [1.82, 2.24) is 0 Å². The topological polar surface area (TPSA) is 0 Å². The van der Waals surface area contributed by atoms with Crippen LogP contribution < -0.4 is 0 Å². The van der Waals surface area contributed by atoms with Crippen LogP contribution in [0.25, 0.3) is 0 Å². The molecular formula is C12H8Br2. The minimum absolute atomic E-state index is 0.699. The van der Waals surface area contributed by atoms with Gasteiger partial charge in [0.15, 0.2) is 0 Å². The Bertz CT molecular complexity index is 376. The molecule has 0 saturated carbocycles. The zero-order valence-electron chi connectivity index (χ0n) is 7.48. The molecule has 0 fully saturated rings. The van der Waals surface area contributed by atoms with E-state index in [-0.39, 0.29) is 0 Å².